The summed E-state index contributed by atoms with van der Waals surface area (Å²) >= 11 is 0. The first-order valence-electron chi connectivity index (χ1n) is 6.25. The van der Waals surface area contributed by atoms with Crippen molar-refractivity contribution in [1.82, 2.24) is 4.98 Å². The summed E-state index contributed by atoms with van der Waals surface area (Å²) in [7, 11) is 0. The number of aromatic nitrogens is 1. The largest absolute Gasteiger partial charge is 0.366 e. The van der Waals surface area contributed by atoms with Gasteiger partial charge in [-0.05, 0) is 24.6 Å². The molecule has 4 nitrogen and oxygen atoms in total. The van der Waals surface area contributed by atoms with Gasteiger partial charge in [-0.2, -0.15) is 0 Å². The second-order valence-electron chi connectivity index (χ2n) is 4.57. The van der Waals surface area contributed by atoms with Gasteiger partial charge in [0, 0.05) is 17.3 Å². The van der Waals surface area contributed by atoms with Gasteiger partial charge in [0.1, 0.15) is 0 Å². The molecule has 19 heavy (non-hydrogen) atoms. The zero-order valence-corrected chi connectivity index (χ0v) is 10.6. The topological polar surface area (TPSA) is 53.4 Å². The molecule has 1 aliphatic rings. The van der Waals surface area contributed by atoms with Gasteiger partial charge in [-0.3, -0.25) is 14.7 Å². The van der Waals surface area contributed by atoms with Crippen LogP contribution in [0.2, 0.25) is 0 Å². The molecule has 0 radical (unpaired) electrons. The highest BCUT2D eigenvalue weighted by molar-refractivity contribution is 6.11. The summed E-state index contributed by atoms with van der Waals surface area (Å²) in [6.07, 6.45) is 3.65. The lowest BCUT2D eigenvalue weighted by Crippen LogP contribution is -2.43. The Kier molecular flexibility index (Phi) is 2.61. The lowest BCUT2D eigenvalue weighted by molar-refractivity contribution is 0.0357. The van der Waals surface area contributed by atoms with Crippen LogP contribution in [0.4, 0.5) is 5.69 Å². The number of hydrogen-bond donors (Lipinski definition) is 1. The highest BCUT2D eigenvalue weighted by atomic mass is 16.3. The molecule has 2 aromatic rings. The Hall–Kier alpha value is -2.20. The fraction of sp³-hybridized carbons (Fsp3) is 0.200. The van der Waals surface area contributed by atoms with Crippen LogP contribution < -0.4 is 4.90 Å². The number of carbonyl (C=O) groups is 1. The van der Waals surface area contributed by atoms with E-state index in [-0.39, 0.29) is 5.91 Å². The molecule has 0 saturated carbocycles. The molecule has 1 aromatic heterocycles. The lowest BCUT2D eigenvalue weighted by atomic mass is 9.99. The van der Waals surface area contributed by atoms with E-state index in [0.717, 1.165) is 0 Å². The first-order valence-corrected chi connectivity index (χ1v) is 6.25. The third kappa shape index (κ3) is 1.57. The molecule has 0 spiro atoms. The van der Waals surface area contributed by atoms with E-state index < -0.39 is 5.72 Å². The van der Waals surface area contributed by atoms with E-state index in [0.29, 0.717) is 23.2 Å². The van der Waals surface area contributed by atoms with Crippen LogP contribution in [0.1, 0.15) is 29.3 Å². The first kappa shape index (κ1) is 11.9. The monoisotopic (exact) mass is 254 g/mol. The number of benzene rings is 1. The Morgan fingerprint density at radius 3 is 2.74 bits per heavy atom. The molecule has 0 bridgehead atoms. The molecule has 1 atom stereocenters. The number of anilines is 1. The lowest BCUT2D eigenvalue weighted by Gasteiger charge is -2.33. The Balaban J connectivity index is 2.20. The second-order valence-corrected chi connectivity index (χ2v) is 4.57. The van der Waals surface area contributed by atoms with Crippen molar-refractivity contribution in [3.05, 3.63) is 59.9 Å². The minimum Gasteiger partial charge on any atom is -0.366 e. The van der Waals surface area contributed by atoms with Crippen LogP contribution in [0.15, 0.2) is 48.8 Å². The molecule has 1 N–H and O–H groups in total. The maximum Gasteiger partial charge on any atom is 0.261 e. The average Bonchev–Trinajstić information content (AvgIpc) is 2.70. The molecule has 1 aliphatic heterocycles. The fourth-order valence-electron chi connectivity index (χ4n) is 2.59. The number of amides is 1. The highest BCUT2D eigenvalue weighted by Gasteiger charge is 2.47. The summed E-state index contributed by atoms with van der Waals surface area (Å²) in [4.78, 5) is 18.0. The normalized spacial score (nSPS) is 21.6. The Morgan fingerprint density at radius 2 is 2.05 bits per heavy atom. The zero-order chi connectivity index (χ0) is 13.5. The molecule has 3 rings (SSSR count). The molecule has 2 heterocycles. The molecular formula is C15H14N2O2. The number of hydrogen-bond acceptors (Lipinski definition) is 3. The standard InChI is InChI=1S/C15H14N2O2/c1-2-15(19)13-8-4-3-7-12(13)14(18)17(15)11-6-5-9-16-10-11/h3-10,19H,2H2,1H3. The summed E-state index contributed by atoms with van der Waals surface area (Å²) < 4.78 is 0. The van der Waals surface area contributed by atoms with Crippen LogP contribution in [0, 0.1) is 0 Å². The number of carbonyl (C=O) groups excluding carboxylic acids is 1. The molecule has 0 aliphatic carbocycles. The Bertz CT molecular complexity index is 627. The number of pyridine rings is 1. The highest BCUT2D eigenvalue weighted by Crippen LogP contribution is 2.42. The van der Waals surface area contributed by atoms with E-state index in [1.165, 1.54) is 4.90 Å². The molecule has 0 saturated heterocycles. The minimum atomic E-state index is -1.29. The second kappa shape index (κ2) is 4.17. The molecule has 1 unspecified atom stereocenters. The fourth-order valence-corrected chi connectivity index (χ4v) is 2.59. The van der Waals surface area contributed by atoms with E-state index in [4.69, 9.17) is 0 Å². The van der Waals surface area contributed by atoms with E-state index in [2.05, 4.69) is 4.98 Å². The summed E-state index contributed by atoms with van der Waals surface area (Å²) in [5.41, 5.74) is 0.520. The maximum absolute atomic E-state index is 12.5. The number of nitrogens with zero attached hydrogens (tertiary/aromatic N) is 2. The zero-order valence-electron chi connectivity index (χ0n) is 10.6. The molecule has 96 valence electrons. The minimum absolute atomic E-state index is 0.187. The van der Waals surface area contributed by atoms with E-state index >= 15 is 0 Å². The number of rotatable bonds is 2. The Labute approximate surface area is 111 Å². The quantitative estimate of drug-likeness (QED) is 0.894. The van der Waals surface area contributed by atoms with Crippen molar-refractivity contribution >= 4 is 11.6 Å². The van der Waals surface area contributed by atoms with Gasteiger partial charge in [0.25, 0.3) is 5.91 Å². The van der Waals surface area contributed by atoms with Crippen LogP contribution in [0.5, 0.6) is 0 Å². The maximum atomic E-state index is 12.5. The summed E-state index contributed by atoms with van der Waals surface area (Å²) in [6.45, 7) is 1.86. The molecule has 4 heteroatoms. The Morgan fingerprint density at radius 1 is 1.26 bits per heavy atom. The summed E-state index contributed by atoms with van der Waals surface area (Å²) in [5.74, 6) is -0.187. The van der Waals surface area contributed by atoms with Gasteiger partial charge >= 0.3 is 0 Å². The van der Waals surface area contributed by atoms with Crippen LogP contribution in [0.3, 0.4) is 0 Å². The number of aliphatic hydroxyl groups is 1. The van der Waals surface area contributed by atoms with Gasteiger partial charge in [-0.1, -0.05) is 25.1 Å². The van der Waals surface area contributed by atoms with E-state index in [9.17, 15) is 9.90 Å². The smallest absolute Gasteiger partial charge is 0.261 e. The van der Waals surface area contributed by atoms with Gasteiger partial charge in [0.15, 0.2) is 5.72 Å². The third-order valence-electron chi connectivity index (χ3n) is 3.56. The number of fused-ring (bicyclic) bond motifs is 1. The molecule has 0 fully saturated rings. The van der Waals surface area contributed by atoms with E-state index in [1.807, 2.05) is 13.0 Å². The van der Waals surface area contributed by atoms with Crippen molar-refractivity contribution in [1.29, 1.82) is 0 Å². The third-order valence-corrected chi connectivity index (χ3v) is 3.56. The van der Waals surface area contributed by atoms with Crippen molar-refractivity contribution in [3.8, 4) is 0 Å². The van der Waals surface area contributed by atoms with Crippen molar-refractivity contribution in [2.75, 3.05) is 4.90 Å². The van der Waals surface area contributed by atoms with Gasteiger partial charge in [-0.15, -0.1) is 0 Å². The van der Waals surface area contributed by atoms with Crippen molar-refractivity contribution in [2.45, 2.75) is 19.1 Å². The summed E-state index contributed by atoms with van der Waals surface area (Å²) in [6, 6.07) is 10.7. The molecule has 1 amide bonds. The van der Waals surface area contributed by atoms with Gasteiger partial charge in [0.2, 0.25) is 0 Å². The predicted molar refractivity (Wildman–Crippen MR) is 71.7 cm³/mol. The van der Waals surface area contributed by atoms with Gasteiger partial charge in [-0.25, -0.2) is 0 Å². The van der Waals surface area contributed by atoms with Crippen LogP contribution in [0.25, 0.3) is 0 Å². The van der Waals surface area contributed by atoms with Crippen molar-refractivity contribution in [3.63, 3.8) is 0 Å². The van der Waals surface area contributed by atoms with Gasteiger partial charge in [0.05, 0.1) is 11.9 Å². The van der Waals surface area contributed by atoms with Crippen LogP contribution in [-0.2, 0) is 5.72 Å². The molecular weight excluding hydrogens is 240 g/mol. The van der Waals surface area contributed by atoms with Gasteiger partial charge < -0.3 is 5.11 Å². The SMILES string of the molecule is CCC1(O)c2ccccc2C(=O)N1c1cccnc1. The average molecular weight is 254 g/mol. The van der Waals surface area contributed by atoms with E-state index in [1.54, 1.807) is 42.7 Å². The molecule has 1 aromatic carbocycles. The predicted octanol–water partition coefficient (Wildman–Crippen LogP) is 2.30. The van der Waals surface area contributed by atoms with Crippen molar-refractivity contribution < 1.29 is 9.90 Å². The van der Waals surface area contributed by atoms with Crippen molar-refractivity contribution in [2.24, 2.45) is 0 Å². The summed E-state index contributed by atoms with van der Waals surface area (Å²) in [5, 5.41) is 10.9. The van der Waals surface area contributed by atoms with Crippen LogP contribution in [-0.4, -0.2) is 16.0 Å². The first-order chi connectivity index (χ1) is 9.18. The van der Waals surface area contributed by atoms with Crippen LogP contribution >= 0.6 is 0 Å².